The molecule has 1 aliphatic heterocycles. The smallest absolute Gasteiger partial charge is 0.231 e. The predicted octanol–water partition coefficient (Wildman–Crippen LogP) is 1.21. The van der Waals surface area contributed by atoms with Crippen LogP contribution in [0.4, 0.5) is 11.9 Å². The van der Waals surface area contributed by atoms with Crippen LogP contribution in [-0.4, -0.2) is 55.4 Å². The van der Waals surface area contributed by atoms with Crippen molar-refractivity contribution < 1.29 is 4.74 Å². The van der Waals surface area contributed by atoms with Gasteiger partial charge in [0.05, 0.1) is 0 Å². The highest BCUT2D eigenvalue weighted by molar-refractivity contribution is 6.28. The lowest BCUT2D eigenvalue weighted by Gasteiger charge is -2.31. The Morgan fingerprint density at radius 2 is 1.67 bits per heavy atom. The Balaban J connectivity index is 2.20. The first-order chi connectivity index (χ1) is 8.58. The van der Waals surface area contributed by atoms with E-state index in [0.29, 0.717) is 17.9 Å². The van der Waals surface area contributed by atoms with Crippen LogP contribution < -0.4 is 9.80 Å². The maximum absolute atomic E-state index is 5.94. The van der Waals surface area contributed by atoms with Gasteiger partial charge in [0.25, 0.3) is 0 Å². The largest absolute Gasteiger partial charge is 0.381 e. The van der Waals surface area contributed by atoms with E-state index in [1.165, 1.54) is 0 Å². The monoisotopic (exact) mass is 271 g/mol. The van der Waals surface area contributed by atoms with Gasteiger partial charge >= 0.3 is 0 Å². The normalized spacial score (nSPS) is 16.7. The molecule has 1 fully saturated rings. The zero-order chi connectivity index (χ0) is 13.1. The standard InChI is InChI=1S/C11H18ClN5O/c1-16(2)10-13-9(12)14-11(15-10)17(3)8-4-6-18-7-5-8/h8H,4-7H2,1-3H3. The highest BCUT2D eigenvalue weighted by Crippen LogP contribution is 2.20. The Morgan fingerprint density at radius 3 is 2.28 bits per heavy atom. The minimum atomic E-state index is 0.225. The van der Waals surface area contributed by atoms with Crippen LogP contribution in [0.2, 0.25) is 5.28 Å². The van der Waals surface area contributed by atoms with Gasteiger partial charge in [0.1, 0.15) is 0 Å². The van der Waals surface area contributed by atoms with Crippen molar-refractivity contribution in [3.8, 4) is 0 Å². The molecule has 0 saturated carbocycles. The third-order valence-electron chi connectivity index (χ3n) is 3.04. The van der Waals surface area contributed by atoms with Crippen LogP contribution >= 0.6 is 11.6 Å². The van der Waals surface area contributed by atoms with Gasteiger partial charge in [0, 0.05) is 40.4 Å². The van der Waals surface area contributed by atoms with E-state index in [1.54, 1.807) is 0 Å². The summed E-state index contributed by atoms with van der Waals surface area (Å²) in [5.74, 6) is 1.19. The van der Waals surface area contributed by atoms with Crippen LogP contribution in [0.3, 0.4) is 0 Å². The van der Waals surface area contributed by atoms with Crippen molar-refractivity contribution >= 4 is 23.5 Å². The highest BCUT2D eigenvalue weighted by Gasteiger charge is 2.21. The number of aromatic nitrogens is 3. The van der Waals surface area contributed by atoms with E-state index in [0.717, 1.165) is 26.1 Å². The molecule has 0 spiro atoms. The van der Waals surface area contributed by atoms with Crippen molar-refractivity contribution in [3.63, 3.8) is 0 Å². The predicted molar refractivity (Wildman–Crippen MR) is 71.4 cm³/mol. The molecule has 0 atom stereocenters. The second-order valence-corrected chi connectivity index (χ2v) is 4.89. The second kappa shape index (κ2) is 5.67. The molecule has 6 nitrogen and oxygen atoms in total. The fourth-order valence-corrected chi connectivity index (χ4v) is 2.07. The summed E-state index contributed by atoms with van der Waals surface area (Å²) in [5.41, 5.74) is 0. The fourth-order valence-electron chi connectivity index (χ4n) is 1.92. The molecule has 18 heavy (non-hydrogen) atoms. The Morgan fingerprint density at radius 1 is 1.06 bits per heavy atom. The topological polar surface area (TPSA) is 54.4 Å². The maximum Gasteiger partial charge on any atom is 0.231 e. The van der Waals surface area contributed by atoms with Crippen molar-refractivity contribution in [1.29, 1.82) is 0 Å². The Bertz CT molecular complexity index is 408. The summed E-state index contributed by atoms with van der Waals surface area (Å²) in [6.07, 6.45) is 1.97. The van der Waals surface area contributed by atoms with Gasteiger partial charge < -0.3 is 14.5 Å². The molecule has 7 heteroatoms. The molecular weight excluding hydrogens is 254 g/mol. The summed E-state index contributed by atoms with van der Waals surface area (Å²) in [4.78, 5) is 16.6. The van der Waals surface area contributed by atoms with Crippen molar-refractivity contribution in [1.82, 2.24) is 15.0 Å². The summed E-state index contributed by atoms with van der Waals surface area (Å²) in [5, 5.41) is 0.225. The lowest BCUT2D eigenvalue weighted by molar-refractivity contribution is 0.0852. The van der Waals surface area contributed by atoms with Crippen LogP contribution in [0.15, 0.2) is 0 Å². The van der Waals surface area contributed by atoms with E-state index < -0.39 is 0 Å². The molecule has 2 rings (SSSR count). The van der Waals surface area contributed by atoms with Gasteiger partial charge in [-0.05, 0) is 24.4 Å². The molecule has 1 aromatic heterocycles. The molecule has 2 heterocycles. The van der Waals surface area contributed by atoms with Gasteiger partial charge in [-0.15, -0.1) is 0 Å². The number of nitrogens with zero attached hydrogens (tertiary/aromatic N) is 5. The number of ether oxygens (including phenoxy) is 1. The van der Waals surface area contributed by atoms with E-state index >= 15 is 0 Å². The van der Waals surface area contributed by atoms with Crippen LogP contribution in [0.5, 0.6) is 0 Å². The average Bonchev–Trinajstić information content (AvgIpc) is 2.38. The maximum atomic E-state index is 5.94. The van der Waals surface area contributed by atoms with E-state index in [9.17, 15) is 0 Å². The van der Waals surface area contributed by atoms with Gasteiger partial charge in [0.15, 0.2) is 0 Å². The molecular formula is C11H18ClN5O. The molecule has 0 radical (unpaired) electrons. The summed E-state index contributed by atoms with van der Waals surface area (Å²) >= 11 is 5.94. The molecule has 0 N–H and O–H groups in total. The van der Waals surface area contributed by atoms with Crippen molar-refractivity contribution in [3.05, 3.63) is 5.28 Å². The van der Waals surface area contributed by atoms with E-state index in [1.807, 2.05) is 26.0 Å². The first-order valence-corrected chi connectivity index (χ1v) is 6.35. The lowest BCUT2D eigenvalue weighted by atomic mass is 10.1. The number of hydrogen-bond acceptors (Lipinski definition) is 6. The second-order valence-electron chi connectivity index (χ2n) is 4.55. The zero-order valence-electron chi connectivity index (χ0n) is 10.9. The number of hydrogen-bond donors (Lipinski definition) is 0. The molecule has 100 valence electrons. The van der Waals surface area contributed by atoms with Crippen LogP contribution in [0.25, 0.3) is 0 Å². The summed E-state index contributed by atoms with van der Waals surface area (Å²) < 4.78 is 5.36. The third-order valence-corrected chi connectivity index (χ3v) is 3.21. The quantitative estimate of drug-likeness (QED) is 0.824. The number of rotatable bonds is 3. The average molecular weight is 272 g/mol. The Hall–Kier alpha value is -1.14. The lowest BCUT2D eigenvalue weighted by Crippen LogP contribution is -2.38. The van der Waals surface area contributed by atoms with Gasteiger partial charge in [-0.1, -0.05) is 0 Å². The molecule has 1 saturated heterocycles. The summed E-state index contributed by atoms with van der Waals surface area (Å²) in [6, 6.07) is 0.396. The summed E-state index contributed by atoms with van der Waals surface area (Å²) in [7, 11) is 5.74. The molecule has 0 aliphatic carbocycles. The first-order valence-electron chi connectivity index (χ1n) is 5.97. The molecule has 1 aromatic rings. The van der Waals surface area contributed by atoms with E-state index in [4.69, 9.17) is 16.3 Å². The van der Waals surface area contributed by atoms with Crippen molar-refractivity contribution in [2.24, 2.45) is 0 Å². The molecule has 1 aliphatic rings. The van der Waals surface area contributed by atoms with Gasteiger partial charge in [-0.2, -0.15) is 15.0 Å². The van der Waals surface area contributed by atoms with E-state index in [-0.39, 0.29) is 5.28 Å². The van der Waals surface area contributed by atoms with Crippen LogP contribution in [0, 0.1) is 0 Å². The SMILES string of the molecule is CN(C)c1nc(Cl)nc(N(C)C2CCOCC2)n1. The molecule has 0 amide bonds. The zero-order valence-corrected chi connectivity index (χ0v) is 11.7. The molecule has 0 aromatic carbocycles. The third kappa shape index (κ3) is 3.00. The Kier molecular flexibility index (Phi) is 4.19. The minimum absolute atomic E-state index is 0.225. The van der Waals surface area contributed by atoms with Gasteiger partial charge in [-0.3, -0.25) is 0 Å². The Labute approximate surface area is 112 Å². The summed E-state index contributed by atoms with van der Waals surface area (Å²) in [6.45, 7) is 1.57. The number of halogens is 1. The van der Waals surface area contributed by atoms with Gasteiger partial charge in [0.2, 0.25) is 17.2 Å². The number of anilines is 2. The first kappa shape index (κ1) is 13.3. The fraction of sp³-hybridized carbons (Fsp3) is 0.727. The van der Waals surface area contributed by atoms with Crippen LogP contribution in [0.1, 0.15) is 12.8 Å². The molecule has 0 bridgehead atoms. The van der Waals surface area contributed by atoms with E-state index in [2.05, 4.69) is 19.9 Å². The minimum Gasteiger partial charge on any atom is -0.381 e. The molecule has 0 unspecified atom stereocenters. The highest BCUT2D eigenvalue weighted by atomic mass is 35.5. The van der Waals surface area contributed by atoms with Crippen LogP contribution in [-0.2, 0) is 4.74 Å². The van der Waals surface area contributed by atoms with Crippen molar-refractivity contribution in [2.45, 2.75) is 18.9 Å². The van der Waals surface area contributed by atoms with Crippen molar-refractivity contribution in [2.75, 3.05) is 44.2 Å². The van der Waals surface area contributed by atoms with Gasteiger partial charge in [-0.25, -0.2) is 0 Å².